The summed E-state index contributed by atoms with van der Waals surface area (Å²) >= 11 is 5.89. The maximum Gasteiger partial charge on any atom is 0.227 e. The van der Waals surface area contributed by atoms with Crippen LogP contribution >= 0.6 is 11.6 Å². The van der Waals surface area contributed by atoms with Crippen LogP contribution in [0.1, 0.15) is 23.7 Å². The first kappa shape index (κ1) is 13.5. The van der Waals surface area contributed by atoms with Crippen molar-refractivity contribution in [2.24, 2.45) is 0 Å². The first-order valence-corrected chi connectivity index (χ1v) is 6.27. The number of aromatic nitrogens is 2. The van der Waals surface area contributed by atoms with Crippen LogP contribution < -0.4 is 5.32 Å². The molecule has 6 heteroatoms. The highest BCUT2D eigenvalue weighted by molar-refractivity contribution is 6.31. The second-order valence-corrected chi connectivity index (χ2v) is 4.68. The summed E-state index contributed by atoms with van der Waals surface area (Å²) in [6, 6.07) is 5.37. The van der Waals surface area contributed by atoms with Crippen LogP contribution in [0.25, 0.3) is 0 Å². The van der Waals surface area contributed by atoms with Crippen molar-refractivity contribution in [1.29, 1.82) is 0 Å². The maximum absolute atomic E-state index is 11.8. The Bertz CT molecular complexity index is 595. The number of benzene rings is 1. The molecule has 1 heterocycles. The lowest BCUT2D eigenvalue weighted by molar-refractivity contribution is -0.116. The van der Waals surface area contributed by atoms with Crippen molar-refractivity contribution < 1.29 is 9.32 Å². The van der Waals surface area contributed by atoms with Crippen LogP contribution in [-0.4, -0.2) is 16.0 Å². The molecule has 1 N–H and O–H groups in total. The van der Waals surface area contributed by atoms with Crippen LogP contribution in [0.4, 0.5) is 5.69 Å². The number of rotatable bonds is 4. The molecule has 19 heavy (non-hydrogen) atoms. The minimum Gasteiger partial charge on any atom is -0.339 e. The fraction of sp³-hybridized carbons (Fsp3) is 0.308. The standard InChI is InChI=1S/C13H14ClN3O2/c1-8-3-4-10(14)7-11(8)16-12(18)5-6-13-15-9(2)17-19-13/h3-4,7H,5-6H2,1-2H3,(H,16,18). The van der Waals surface area contributed by atoms with Gasteiger partial charge in [-0.2, -0.15) is 4.98 Å². The number of halogens is 1. The van der Waals surface area contributed by atoms with E-state index >= 15 is 0 Å². The first-order chi connectivity index (χ1) is 9.04. The van der Waals surface area contributed by atoms with Crippen molar-refractivity contribution >= 4 is 23.2 Å². The number of aryl methyl sites for hydroxylation is 3. The summed E-state index contributed by atoms with van der Waals surface area (Å²) in [4.78, 5) is 15.9. The molecule has 1 aromatic carbocycles. The SMILES string of the molecule is Cc1noc(CCC(=O)Nc2cc(Cl)ccc2C)n1. The number of nitrogens with one attached hydrogen (secondary N) is 1. The molecular formula is C13H14ClN3O2. The fourth-order valence-corrected chi connectivity index (χ4v) is 1.78. The van der Waals surface area contributed by atoms with Gasteiger partial charge in [-0.3, -0.25) is 4.79 Å². The van der Waals surface area contributed by atoms with Gasteiger partial charge in [0, 0.05) is 23.6 Å². The Balaban J connectivity index is 1.92. The number of carbonyl (C=O) groups excluding carboxylic acids is 1. The van der Waals surface area contributed by atoms with Gasteiger partial charge < -0.3 is 9.84 Å². The van der Waals surface area contributed by atoms with E-state index in [9.17, 15) is 4.79 Å². The van der Waals surface area contributed by atoms with E-state index in [2.05, 4.69) is 15.5 Å². The molecular weight excluding hydrogens is 266 g/mol. The second-order valence-electron chi connectivity index (χ2n) is 4.24. The molecule has 0 saturated heterocycles. The normalized spacial score (nSPS) is 10.5. The number of anilines is 1. The molecule has 0 aliphatic rings. The summed E-state index contributed by atoms with van der Waals surface area (Å²) in [7, 11) is 0. The lowest BCUT2D eigenvalue weighted by atomic mass is 10.2. The third kappa shape index (κ3) is 3.79. The first-order valence-electron chi connectivity index (χ1n) is 5.90. The molecule has 0 aliphatic heterocycles. The lowest BCUT2D eigenvalue weighted by Crippen LogP contribution is -2.13. The van der Waals surface area contributed by atoms with Crippen LogP contribution in [0.15, 0.2) is 22.7 Å². The van der Waals surface area contributed by atoms with Gasteiger partial charge in [-0.25, -0.2) is 0 Å². The van der Waals surface area contributed by atoms with E-state index < -0.39 is 0 Å². The quantitative estimate of drug-likeness (QED) is 0.934. The number of amides is 1. The molecule has 0 atom stereocenters. The molecule has 0 unspecified atom stereocenters. The highest BCUT2D eigenvalue weighted by Gasteiger charge is 2.09. The van der Waals surface area contributed by atoms with Gasteiger partial charge in [0.2, 0.25) is 11.8 Å². The van der Waals surface area contributed by atoms with E-state index in [0.717, 1.165) is 11.3 Å². The molecule has 0 fully saturated rings. The molecule has 0 aliphatic carbocycles. The minimum absolute atomic E-state index is 0.110. The van der Waals surface area contributed by atoms with Gasteiger partial charge in [-0.1, -0.05) is 22.8 Å². The van der Waals surface area contributed by atoms with Crippen molar-refractivity contribution in [1.82, 2.24) is 10.1 Å². The summed E-state index contributed by atoms with van der Waals surface area (Å²) < 4.78 is 4.95. The Hall–Kier alpha value is -1.88. The predicted molar refractivity (Wildman–Crippen MR) is 72.2 cm³/mol. The molecule has 0 radical (unpaired) electrons. The Morgan fingerprint density at radius 1 is 1.42 bits per heavy atom. The van der Waals surface area contributed by atoms with Gasteiger partial charge in [-0.05, 0) is 31.5 Å². The van der Waals surface area contributed by atoms with E-state index in [1.54, 1.807) is 19.1 Å². The van der Waals surface area contributed by atoms with Gasteiger partial charge in [0.25, 0.3) is 0 Å². The Morgan fingerprint density at radius 2 is 2.21 bits per heavy atom. The van der Waals surface area contributed by atoms with E-state index in [1.807, 2.05) is 13.0 Å². The van der Waals surface area contributed by atoms with Crippen LogP contribution in [0.5, 0.6) is 0 Å². The number of hydrogen-bond donors (Lipinski definition) is 1. The molecule has 0 bridgehead atoms. The number of hydrogen-bond acceptors (Lipinski definition) is 4. The van der Waals surface area contributed by atoms with Crippen molar-refractivity contribution in [3.05, 3.63) is 40.5 Å². The van der Waals surface area contributed by atoms with E-state index in [0.29, 0.717) is 23.2 Å². The van der Waals surface area contributed by atoms with Gasteiger partial charge in [0.15, 0.2) is 5.82 Å². The largest absolute Gasteiger partial charge is 0.339 e. The summed E-state index contributed by atoms with van der Waals surface area (Å²) in [5.74, 6) is 0.928. The van der Waals surface area contributed by atoms with Crippen LogP contribution in [0.2, 0.25) is 5.02 Å². The zero-order chi connectivity index (χ0) is 13.8. The highest BCUT2D eigenvalue weighted by atomic mass is 35.5. The van der Waals surface area contributed by atoms with Gasteiger partial charge in [0.05, 0.1) is 0 Å². The predicted octanol–water partition coefficient (Wildman–Crippen LogP) is 2.91. The summed E-state index contributed by atoms with van der Waals surface area (Å²) in [6.45, 7) is 3.65. The maximum atomic E-state index is 11.8. The summed E-state index contributed by atoms with van der Waals surface area (Å²) in [5, 5.41) is 7.07. The molecule has 1 amide bonds. The zero-order valence-electron chi connectivity index (χ0n) is 10.7. The van der Waals surface area contributed by atoms with Crippen molar-refractivity contribution in [3.63, 3.8) is 0 Å². The molecule has 1 aromatic heterocycles. The van der Waals surface area contributed by atoms with E-state index in [-0.39, 0.29) is 12.3 Å². The van der Waals surface area contributed by atoms with Gasteiger partial charge in [0.1, 0.15) is 0 Å². The van der Waals surface area contributed by atoms with E-state index in [1.165, 1.54) is 0 Å². The summed E-state index contributed by atoms with van der Waals surface area (Å²) in [5.41, 5.74) is 1.69. The van der Waals surface area contributed by atoms with Crippen LogP contribution in [0, 0.1) is 13.8 Å². The highest BCUT2D eigenvalue weighted by Crippen LogP contribution is 2.20. The van der Waals surface area contributed by atoms with E-state index in [4.69, 9.17) is 16.1 Å². The average molecular weight is 280 g/mol. The fourth-order valence-electron chi connectivity index (χ4n) is 1.60. The third-order valence-electron chi connectivity index (χ3n) is 2.61. The smallest absolute Gasteiger partial charge is 0.227 e. The Labute approximate surface area is 116 Å². The Morgan fingerprint density at radius 3 is 2.89 bits per heavy atom. The molecule has 5 nitrogen and oxygen atoms in total. The molecule has 0 saturated carbocycles. The molecule has 0 spiro atoms. The molecule has 2 aromatic rings. The number of carbonyl (C=O) groups is 1. The van der Waals surface area contributed by atoms with Gasteiger partial charge in [-0.15, -0.1) is 0 Å². The monoisotopic (exact) mass is 279 g/mol. The van der Waals surface area contributed by atoms with Crippen LogP contribution in [0.3, 0.4) is 0 Å². The van der Waals surface area contributed by atoms with Crippen LogP contribution in [-0.2, 0) is 11.2 Å². The van der Waals surface area contributed by atoms with Crippen molar-refractivity contribution in [3.8, 4) is 0 Å². The molecule has 2 rings (SSSR count). The topological polar surface area (TPSA) is 68.0 Å². The minimum atomic E-state index is -0.110. The number of nitrogens with zero attached hydrogens (tertiary/aromatic N) is 2. The lowest BCUT2D eigenvalue weighted by Gasteiger charge is -2.08. The zero-order valence-corrected chi connectivity index (χ0v) is 11.5. The van der Waals surface area contributed by atoms with Gasteiger partial charge >= 0.3 is 0 Å². The second kappa shape index (κ2) is 5.84. The molecule has 100 valence electrons. The third-order valence-corrected chi connectivity index (χ3v) is 2.84. The Kier molecular flexibility index (Phi) is 4.16. The van der Waals surface area contributed by atoms with Crippen molar-refractivity contribution in [2.75, 3.05) is 5.32 Å². The summed E-state index contributed by atoms with van der Waals surface area (Å²) in [6.07, 6.45) is 0.708. The van der Waals surface area contributed by atoms with Crippen molar-refractivity contribution in [2.45, 2.75) is 26.7 Å². The average Bonchev–Trinajstić information content (AvgIpc) is 2.77.